The third-order valence-corrected chi connectivity index (χ3v) is 1.85. The van der Waals surface area contributed by atoms with Gasteiger partial charge in [0.1, 0.15) is 0 Å². The molecule has 1 N–H and O–H groups in total. The number of ether oxygens (including phenoxy) is 1. The maximum atomic E-state index is 9.34. The fraction of sp³-hybridized carbons (Fsp3) is 1.00. The van der Waals surface area contributed by atoms with E-state index in [1.165, 1.54) is 0 Å². The second-order valence-electron chi connectivity index (χ2n) is 2.62. The summed E-state index contributed by atoms with van der Waals surface area (Å²) in [4.78, 5) is 0. The van der Waals surface area contributed by atoms with Crippen molar-refractivity contribution in [1.29, 1.82) is 0 Å². The van der Waals surface area contributed by atoms with E-state index < -0.39 is 5.60 Å². The molecule has 2 nitrogen and oxygen atoms in total. The second kappa shape index (κ2) is 3.94. The molecule has 0 radical (unpaired) electrons. The lowest BCUT2D eigenvalue weighted by Gasteiger charge is -2.19. The van der Waals surface area contributed by atoms with E-state index in [1.54, 1.807) is 0 Å². The number of hydrogen-bond donors (Lipinski definition) is 1. The van der Waals surface area contributed by atoms with Crippen LogP contribution in [0.4, 0.5) is 0 Å². The third-order valence-electron chi connectivity index (χ3n) is 1.85. The number of hydrogen-bond acceptors (Lipinski definition) is 2. The molecule has 62 valence electrons. The topological polar surface area (TPSA) is 29.5 Å². The van der Waals surface area contributed by atoms with Crippen molar-refractivity contribution in [2.24, 2.45) is 0 Å². The highest BCUT2D eigenvalue weighted by atomic mass is 16.5. The molecule has 0 aromatic carbocycles. The fourth-order valence-electron chi connectivity index (χ4n) is 0.825. The summed E-state index contributed by atoms with van der Waals surface area (Å²) < 4.78 is 5.12. The Morgan fingerprint density at radius 1 is 1.50 bits per heavy atom. The van der Waals surface area contributed by atoms with Crippen molar-refractivity contribution in [3.05, 3.63) is 0 Å². The van der Waals surface area contributed by atoms with E-state index in [1.807, 2.05) is 27.7 Å². The average molecular weight is 146 g/mol. The first-order valence-electron chi connectivity index (χ1n) is 3.97. The van der Waals surface area contributed by atoms with Crippen molar-refractivity contribution in [3.8, 4) is 0 Å². The van der Waals surface area contributed by atoms with Gasteiger partial charge in [0.05, 0.1) is 11.7 Å². The Labute approximate surface area is 63.2 Å². The standard InChI is InChI=1S/C6H12O2.C2H6/c1-5-6(2,7)3-4-8-5;1-2/h5,7H,3-4H2,1-2H3;1-2H3/t5-,6?;/m1./s1. The average Bonchev–Trinajstić information content (AvgIpc) is 2.17. The molecule has 2 heteroatoms. The van der Waals surface area contributed by atoms with Gasteiger partial charge in [-0.05, 0) is 13.8 Å². The highest BCUT2D eigenvalue weighted by Crippen LogP contribution is 2.23. The monoisotopic (exact) mass is 146 g/mol. The fourth-order valence-corrected chi connectivity index (χ4v) is 0.825. The maximum absolute atomic E-state index is 9.34. The lowest BCUT2D eigenvalue weighted by Crippen LogP contribution is -2.31. The summed E-state index contributed by atoms with van der Waals surface area (Å²) in [6, 6.07) is 0. The molecule has 0 aliphatic carbocycles. The van der Waals surface area contributed by atoms with Crippen molar-refractivity contribution in [1.82, 2.24) is 0 Å². The van der Waals surface area contributed by atoms with E-state index in [9.17, 15) is 5.11 Å². The Morgan fingerprint density at radius 3 is 2.10 bits per heavy atom. The van der Waals surface area contributed by atoms with Crippen LogP contribution >= 0.6 is 0 Å². The minimum absolute atomic E-state index is 0.0162. The summed E-state index contributed by atoms with van der Waals surface area (Å²) >= 11 is 0. The van der Waals surface area contributed by atoms with Crippen molar-refractivity contribution in [2.75, 3.05) is 6.61 Å². The van der Waals surface area contributed by atoms with Gasteiger partial charge in [-0.2, -0.15) is 0 Å². The molecule has 10 heavy (non-hydrogen) atoms. The molecule has 0 aromatic heterocycles. The van der Waals surface area contributed by atoms with E-state index in [4.69, 9.17) is 4.74 Å². The van der Waals surface area contributed by atoms with Gasteiger partial charge in [-0.25, -0.2) is 0 Å². The summed E-state index contributed by atoms with van der Waals surface area (Å²) in [6.45, 7) is 8.41. The van der Waals surface area contributed by atoms with Crippen LogP contribution in [0.25, 0.3) is 0 Å². The van der Waals surface area contributed by atoms with Crippen molar-refractivity contribution < 1.29 is 9.84 Å². The highest BCUT2D eigenvalue weighted by molar-refractivity contribution is 4.84. The first-order chi connectivity index (χ1) is 4.63. The van der Waals surface area contributed by atoms with E-state index in [0.29, 0.717) is 6.61 Å². The Kier molecular flexibility index (Phi) is 3.91. The molecular formula is C8H18O2. The third kappa shape index (κ3) is 2.27. The Bertz CT molecular complexity index is 89.3. The van der Waals surface area contributed by atoms with Gasteiger partial charge in [-0.1, -0.05) is 13.8 Å². The first-order valence-corrected chi connectivity index (χ1v) is 3.97. The summed E-state index contributed by atoms with van der Waals surface area (Å²) in [5.41, 5.74) is -0.569. The van der Waals surface area contributed by atoms with Crippen molar-refractivity contribution >= 4 is 0 Å². The summed E-state index contributed by atoms with van der Waals surface area (Å²) in [7, 11) is 0. The molecule has 0 saturated carbocycles. The SMILES string of the molecule is CC.C[C@H]1OCCC1(C)O. The zero-order valence-corrected chi connectivity index (χ0v) is 7.35. The number of aliphatic hydroxyl groups is 1. The van der Waals surface area contributed by atoms with E-state index in [-0.39, 0.29) is 6.10 Å². The zero-order chi connectivity index (χ0) is 8.20. The van der Waals surface area contributed by atoms with E-state index >= 15 is 0 Å². The Balaban J connectivity index is 0.000000371. The van der Waals surface area contributed by atoms with Crippen LogP contribution in [0.1, 0.15) is 34.1 Å². The number of rotatable bonds is 0. The molecule has 0 spiro atoms. The highest BCUT2D eigenvalue weighted by Gasteiger charge is 2.34. The molecule has 1 saturated heterocycles. The molecule has 0 amide bonds. The quantitative estimate of drug-likeness (QED) is 0.562. The first kappa shape index (κ1) is 9.92. The molecule has 1 fully saturated rings. The summed E-state index contributed by atoms with van der Waals surface area (Å²) in [6.07, 6.45) is 0.788. The Morgan fingerprint density at radius 2 is 2.00 bits per heavy atom. The molecule has 1 aliphatic heterocycles. The summed E-state index contributed by atoms with van der Waals surface area (Å²) in [5, 5.41) is 9.34. The van der Waals surface area contributed by atoms with Gasteiger partial charge in [0.25, 0.3) is 0 Å². The van der Waals surface area contributed by atoms with Crippen LogP contribution in [-0.2, 0) is 4.74 Å². The predicted molar refractivity (Wildman–Crippen MR) is 42.0 cm³/mol. The van der Waals surface area contributed by atoms with Crippen molar-refractivity contribution in [3.63, 3.8) is 0 Å². The van der Waals surface area contributed by atoms with Gasteiger partial charge in [0, 0.05) is 13.0 Å². The van der Waals surface area contributed by atoms with Crippen LogP contribution in [0.5, 0.6) is 0 Å². The van der Waals surface area contributed by atoms with Crippen LogP contribution < -0.4 is 0 Å². The molecule has 1 unspecified atom stereocenters. The largest absolute Gasteiger partial charge is 0.387 e. The maximum Gasteiger partial charge on any atom is 0.0899 e. The molecule has 1 rings (SSSR count). The minimum Gasteiger partial charge on any atom is -0.387 e. The lowest BCUT2D eigenvalue weighted by molar-refractivity contribution is -0.0135. The normalized spacial score (nSPS) is 38.7. The van der Waals surface area contributed by atoms with E-state index in [0.717, 1.165) is 6.42 Å². The van der Waals surface area contributed by atoms with Crippen LogP contribution in [0.3, 0.4) is 0 Å². The van der Waals surface area contributed by atoms with Crippen molar-refractivity contribution in [2.45, 2.75) is 45.8 Å². The van der Waals surface area contributed by atoms with Gasteiger partial charge in [-0.3, -0.25) is 0 Å². The van der Waals surface area contributed by atoms with Gasteiger partial charge in [0.2, 0.25) is 0 Å². The van der Waals surface area contributed by atoms with Crippen LogP contribution in [-0.4, -0.2) is 23.4 Å². The summed E-state index contributed by atoms with van der Waals surface area (Å²) in [5.74, 6) is 0. The zero-order valence-electron chi connectivity index (χ0n) is 7.35. The van der Waals surface area contributed by atoms with Gasteiger partial charge in [-0.15, -0.1) is 0 Å². The minimum atomic E-state index is -0.569. The molecule has 0 aromatic rings. The molecule has 1 heterocycles. The van der Waals surface area contributed by atoms with Gasteiger partial charge < -0.3 is 9.84 Å². The van der Waals surface area contributed by atoms with Crippen LogP contribution in [0, 0.1) is 0 Å². The lowest BCUT2D eigenvalue weighted by atomic mass is 10.0. The van der Waals surface area contributed by atoms with Gasteiger partial charge >= 0.3 is 0 Å². The van der Waals surface area contributed by atoms with Crippen LogP contribution in [0.15, 0.2) is 0 Å². The molecule has 2 atom stereocenters. The molecule has 0 bridgehead atoms. The van der Waals surface area contributed by atoms with Gasteiger partial charge in [0.15, 0.2) is 0 Å². The second-order valence-corrected chi connectivity index (χ2v) is 2.62. The van der Waals surface area contributed by atoms with Crippen LogP contribution in [0.2, 0.25) is 0 Å². The smallest absolute Gasteiger partial charge is 0.0899 e. The van der Waals surface area contributed by atoms with E-state index in [2.05, 4.69) is 0 Å². The predicted octanol–water partition coefficient (Wildman–Crippen LogP) is 1.57. The Hall–Kier alpha value is -0.0800. The molecular weight excluding hydrogens is 128 g/mol. The molecule has 1 aliphatic rings.